The number of nitrogens with zero attached hydrogens (tertiary/aromatic N) is 2. The van der Waals surface area contributed by atoms with Crippen molar-refractivity contribution in [2.24, 2.45) is 0 Å². The molecule has 1 aromatic rings. The Bertz CT molecular complexity index is 516. The van der Waals surface area contributed by atoms with Crippen molar-refractivity contribution in [2.75, 3.05) is 19.7 Å². The number of ether oxygens (including phenoxy) is 2. The van der Waals surface area contributed by atoms with Crippen molar-refractivity contribution in [3.63, 3.8) is 0 Å². The number of likely N-dealkylation sites (tertiary alicyclic amines) is 1. The fourth-order valence-corrected chi connectivity index (χ4v) is 2.60. The van der Waals surface area contributed by atoms with Crippen LogP contribution in [0.5, 0.6) is 0 Å². The molecule has 1 fully saturated rings. The molecule has 1 unspecified atom stereocenters. The lowest BCUT2D eigenvalue weighted by molar-refractivity contribution is -0.130. The van der Waals surface area contributed by atoms with Crippen molar-refractivity contribution in [3.8, 4) is 0 Å². The molecule has 0 radical (unpaired) electrons. The monoisotopic (exact) mass is 288 g/mol. The van der Waals surface area contributed by atoms with Gasteiger partial charge in [-0.25, -0.2) is 0 Å². The van der Waals surface area contributed by atoms with Crippen LogP contribution in [0.15, 0.2) is 36.4 Å². The van der Waals surface area contributed by atoms with Crippen LogP contribution in [-0.2, 0) is 20.9 Å². The fraction of sp³-hybridized carbons (Fsp3) is 0.500. The molecule has 1 aromatic heterocycles. The second kappa shape index (κ2) is 6.72. The number of allylic oxidation sites excluding steroid dienone is 1. The minimum absolute atomic E-state index is 0.00436. The van der Waals surface area contributed by atoms with Crippen LogP contribution in [0.3, 0.4) is 0 Å². The summed E-state index contributed by atoms with van der Waals surface area (Å²) in [5.74, 6) is 0.515. The first-order valence-electron chi connectivity index (χ1n) is 7.45. The Hall–Kier alpha value is -1.88. The Morgan fingerprint density at radius 1 is 1.43 bits per heavy atom. The highest BCUT2D eigenvalue weighted by atomic mass is 16.5. The number of rotatable bonds is 4. The van der Waals surface area contributed by atoms with Crippen molar-refractivity contribution in [1.82, 2.24) is 9.88 Å². The van der Waals surface area contributed by atoms with Crippen LogP contribution < -0.4 is 0 Å². The van der Waals surface area contributed by atoms with Crippen LogP contribution in [0.4, 0.5) is 0 Å². The predicted molar refractivity (Wildman–Crippen MR) is 77.3 cm³/mol. The normalized spacial score (nSPS) is 21.8. The molecule has 0 aromatic carbocycles. The highest BCUT2D eigenvalue weighted by Gasteiger charge is 2.29. The zero-order chi connectivity index (χ0) is 14.5. The average Bonchev–Trinajstić information content (AvgIpc) is 3.03. The van der Waals surface area contributed by atoms with E-state index in [1.807, 2.05) is 23.1 Å². The summed E-state index contributed by atoms with van der Waals surface area (Å²) in [7, 11) is 0. The number of aromatic nitrogens is 1. The Morgan fingerprint density at radius 3 is 3.05 bits per heavy atom. The highest BCUT2D eigenvalue weighted by Crippen LogP contribution is 2.19. The van der Waals surface area contributed by atoms with E-state index in [9.17, 15) is 4.79 Å². The number of pyridine rings is 1. The van der Waals surface area contributed by atoms with E-state index in [1.54, 1.807) is 12.4 Å². The first-order chi connectivity index (χ1) is 10.3. The van der Waals surface area contributed by atoms with E-state index in [-0.39, 0.29) is 12.0 Å². The maximum Gasteiger partial charge on any atom is 0.288 e. The first kappa shape index (κ1) is 14.1. The number of hydrogen-bond acceptors (Lipinski definition) is 4. The average molecular weight is 288 g/mol. The van der Waals surface area contributed by atoms with Crippen molar-refractivity contribution < 1.29 is 14.3 Å². The molecule has 0 aliphatic carbocycles. The van der Waals surface area contributed by atoms with Gasteiger partial charge in [0.1, 0.15) is 0 Å². The van der Waals surface area contributed by atoms with Crippen molar-refractivity contribution >= 4 is 5.91 Å². The van der Waals surface area contributed by atoms with Gasteiger partial charge in [-0.05, 0) is 43.0 Å². The topological polar surface area (TPSA) is 51.7 Å². The molecule has 1 amide bonds. The van der Waals surface area contributed by atoms with Gasteiger partial charge in [-0.3, -0.25) is 9.78 Å². The predicted octanol–water partition coefficient (Wildman–Crippen LogP) is 1.89. The van der Waals surface area contributed by atoms with E-state index in [1.165, 1.54) is 0 Å². The largest absolute Gasteiger partial charge is 0.488 e. The van der Waals surface area contributed by atoms with Crippen LogP contribution in [0.25, 0.3) is 0 Å². The van der Waals surface area contributed by atoms with E-state index in [4.69, 9.17) is 9.47 Å². The van der Waals surface area contributed by atoms with E-state index in [0.717, 1.165) is 31.4 Å². The molecule has 5 nitrogen and oxygen atoms in total. The molecule has 0 saturated carbocycles. The number of carbonyl (C=O) groups is 1. The lowest BCUT2D eigenvalue weighted by atomic mass is 10.2. The number of hydrogen-bond donors (Lipinski definition) is 0. The molecule has 1 atom stereocenters. The molecular formula is C16H20N2O3. The van der Waals surface area contributed by atoms with Crippen LogP contribution in [0.1, 0.15) is 24.8 Å². The summed E-state index contributed by atoms with van der Waals surface area (Å²) < 4.78 is 11.3. The third-order valence-electron chi connectivity index (χ3n) is 3.81. The zero-order valence-electron chi connectivity index (χ0n) is 12.0. The number of amides is 1. The summed E-state index contributed by atoms with van der Waals surface area (Å²) in [5.41, 5.74) is 1.10. The Kier molecular flexibility index (Phi) is 4.50. The van der Waals surface area contributed by atoms with Crippen LogP contribution in [0, 0.1) is 0 Å². The molecule has 1 saturated heterocycles. The fourth-order valence-electron chi connectivity index (χ4n) is 2.60. The second-order valence-electron chi connectivity index (χ2n) is 5.39. The highest BCUT2D eigenvalue weighted by molar-refractivity contribution is 5.91. The molecule has 0 bridgehead atoms. The molecule has 2 aliphatic rings. The van der Waals surface area contributed by atoms with Gasteiger partial charge in [0.15, 0.2) is 5.76 Å². The molecule has 3 heterocycles. The van der Waals surface area contributed by atoms with Gasteiger partial charge in [-0.2, -0.15) is 0 Å². The number of carbonyl (C=O) groups excluding carboxylic acids is 1. The molecule has 112 valence electrons. The van der Waals surface area contributed by atoms with E-state index >= 15 is 0 Å². The van der Waals surface area contributed by atoms with Crippen molar-refractivity contribution in [1.29, 1.82) is 0 Å². The summed E-state index contributed by atoms with van der Waals surface area (Å²) in [6, 6.07) is 3.89. The molecule has 0 N–H and O–H groups in total. The molecule has 21 heavy (non-hydrogen) atoms. The van der Waals surface area contributed by atoms with Crippen molar-refractivity contribution in [3.05, 3.63) is 41.9 Å². The van der Waals surface area contributed by atoms with E-state index in [0.29, 0.717) is 25.5 Å². The first-order valence-corrected chi connectivity index (χ1v) is 7.45. The molecule has 5 heteroatoms. The zero-order valence-corrected chi connectivity index (χ0v) is 12.0. The Labute approximate surface area is 124 Å². The lowest BCUT2D eigenvalue weighted by Crippen LogP contribution is -2.32. The minimum Gasteiger partial charge on any atom is -0.488 e. The summed E-state index contributed by atoms with van der Waals surface area (Å²) in [4.78, 5) is 18.1. The summed E-state index contributed by atoms with van der Waals surface area (Å²) in [6.07, 6.45) is 8.32. The van der Waals surface area contributed by atoms with E-state index < -0.39 is 0 Å². The van der Waals surface area contributed by atoms with Gasteiger partial charge in [0, 0.05) is 25.5 Å². The smallest absolute Gasteiger partial charge is 0.288 e. The molecule has 3 rings (SSSR count). The SMILES string of the molecule is O=C(C1=CCCCO1)N1CCC(OCc2ccncc2)C1. The van der Waals surface area contributed by atoms with Crippen molar-refractivity contribution in [2.45, 2.75) is 32.0 Å². The van der Waals surface area contributed by atoms with E-state index in [2.05, 4.69) is 4.98 Å². The summed E-state index contributed by atoms with van der Waals surface area (Å²) in [6.45, 7) is 2.59. The minimum atomic E-state index is 0.00436. The maximum absolute atomic E-state index is 12.3. The third kappa shape index (κ3) is 3.61. The van der Waals surface area contributed by atoms with Gasteiger partial charge in [0.25, 0.3) is 5.91 Å². The van der Waals surface area contributed by atoms with Crippen LogP contribution >= 0.6 is 0 Å². The standard InChI is InChI=1S/C16H20N2O3/c19-16(15-3-1-2-10-20-15)18-9-6-14(11-18)21-12-13-4-7-17-8-5-13/h3-5,7-8,14H,1-2,6,9-12H2. The quantitative estimate of drug-likeness (QED) is 0.849. The molecule has 0 spiro atoms. The maximum atomic E-state index is 12.3. The Balaban J connectivity index is 1.49. The van der Waals surface area contributed by atoms with Gasteiger partial charge in [-0.15, -0.1) is 0 Å². The van der Waals surface area contributed by atoms with Crippen LogP contribution in [-0.4, -0.2) is 41.6 Å². The van der Waals surface area contributed by atoms with Gasteiger partial charge in [0.2, 0.25) is 0 Å². The molecule has 2 aliphatic heterocycles. The summed E-state index contributed by atoms with van der Waals surface area (Å²) in [5, 5.41) is 0. The van der Waals surface area contributed by atoms with Gasteiger partial charge < -0.3 is 14.4 Å². The van der Waals surface area contributed by atoms with Gasteiger partial charge >= 0.3 is 0 Å². The second-order valence-corrected chi connectivity index (χ2v) is 5.39. The Morgan fingerprint density at radius 2 is 2.29 bits per heavy atom. The summed E-state index contributed by atoms with van der Waals surface area (Å²) >= 11 is 0. The molecular weight excluding hydrogens is 268 g/mol. The van der Waals surface area contributed by atoms with Crippen LogP contribution in [0.2, 0.25) is 0 Å². The lowest BCUT2D eigenvalue weighted by Gasteiger charge is -2.20. The third-order valence-corrected chi connectivity index (χ3v) is 3.81. The van der Waals surface area contributed by atoms with Gasteiger partial charge in [0.05, 0.1) is 19.3 Å². The van der Waals surface area contributed by atoms with Gasteiger partial charge in [-0.1, -0.05) is 0 Å².